The largest absolute Gasteiger partial charge is 0.394 e. The Kier molecular flexibility index (Phi) is 1.92. The third-order valence-corrected chi connectivity index (χ3v) is 2.84. The minimum absolute atomic E-state index is 0.0380. The molecule has 1 aliphatic heterocycles. The van der Waals surface area contributed by atoms with Crippen molar-refractivity contribution in [2.75, 3.05) is 6.61 Å². The van der Waals surface area contributed by atoms with Crippen LogP contribution in [0.15, 0.2) is 0 Å². The third kappa shape index (κ3) is 1.13. The Morgan fingerprint density at radius 2 is 2.18 bits per heavy atom. The van der Waals surface area contributed by atoms with Crippen LogP contribution in [0.1, 0.15) is 20.8 Å². The van der Waals surface area contributed by atoms with Crippen LogP contribution >= 0.6 is 0 Å². The van der Waals surface area contributed by atoms with Crippen molar-refractivity contribution in [1.82, 2.24) is 5.32 Å². The molecular weight excluding hydrogens is 142 g/mol. The predicted octanol–water partition coefficient (Wildman–Crippen LogP) is 0.139. The van der Waals surface area contributed by atoms with E-state index in [1.165, 1.54) is 0 Å². The molecule has 64 valence electrons. The van der Waals surface area contributed by atoms with Gasteiger partial charge in [-0.2, -0.15) is 0 Å². The van der Waals surface area contributed by atoms with E-state index in [2.05, 4.69) is 5.32 Å². The molecule has 1 aliphatic rings. The molecule has 0 spiro atoms. The number of carbonyl (C=O) groups is 1. The second kappa shape index (κ2) is 2.48. The van der Waals surface area contributed by atoms with E-state index >= 15 is 0 Å². The number of amides is 1. The fourth-order valence-electron chi connectivity index (χ4n) is 1.39. The molecule has 0 aromatic carbocycles. The Bertz CT molecular complexity index is 177. The van der Waals surface area contributed by atoms with E-state index in [1.807, 2.05) is 20.8 Å². The number of rotatable bonds is 1. The van der Waals surface area contributed by atoms with Crippen LogP contribution in [0.5, 0.6) is 0 Å². The van der Waals surface area contributed by atoms with Crippen molar-refractivity contribution in [3.63, 3.8) is 0 Å². The van der Waals surface area contributed by atoms with Gasteiger partial charge in [0.05, 0.1) is 12.6 Å². The summed E-state index contributed by atoms with van der Waals surface area (Å²) in [7, 11) is 0. The van der Waals surface area contributed by atoms with Crippen LogP contribution in [-0.4, -0.2) is 23.7 Å². The van der Waals surface area contributed by atoms with Gasteiger partial charge in [0.25, 0.3) is 0 Å². The highest BCUT2D eigenvalue weighted by Crippen LogP contribution is 2.34. The summed E-state index contributed by atoms with van der Waals surface area (Å²) in [6.07, 6.45) is 0. The van der Waals surface area contributed by atoms with Gasteiger partial charge < -0.3 is 10.4 Å². The molecule has 3 heteroatoms. The number of hydrogen-bond acceptors (Lipinski definition) is 2. The molecule has 0 bridgehead atoms. The lowest BCUT2D eigenvalue weighted by atomic mass is 9.80. The van der Waals surface area contributed by atoms with E-state index in [0.717, 1.165) is 0 Å². The van der Waals surface area contributed by atoms with Gasteiger partial charge in [0.1, 0.15) is 0 Å². The fraction of sp³-hybridized carbons (Fsp3) is 0.875. The minimum Gasteiger partial charge on any atom is -0.394 e. The normalized spacial score (nSPS) is 35.5. The molecule has 11 heavy (non-hydrogen) atoms. The Labute approximate surface area is 66.8 Å². The summed E-state index contributed by atoms with van der Waals surface area (Å²) >= 11 is 0. The van der Waals surface area contributed by atoms with Crippen LogP contribution in [0.2, 0.25) is 0 Å². The van der Waals surface area contributed by atoms with Gasteiger partial charge in [-0.15, -0.1) is 0 Å². The maximum atomic E-state index is 11.3. The van der Waals surface area contributed by atoms with Crippen molar-refractivity contribution in [3.8, 4) is 0 Å². The number of nitrogens with one attached hydrogen (secondary N) is 1. The second-order valence-corrected chi connectivity index (χ2v) is 3.77. The van der Waals surface area contributed by atoms with Gasteiger partial charge in [-0.1, -0.05) is 20.8 Å². The molecule has 0 aromatic rings. The summed E-state index contributed by atoms with van der Waals surface area (Å²) in [6.45, 7) is 5.83. The van der Waals surface area contributed by atoms with E-state index < -0.39 is 0 Å². The summed E-state index contributed by atoms with van der Waals surface area (Å²) in [5.41, 5.74) is -0.326. The molecule has 1 saturated heterocycles. The maximum Gasteiger partial charge on any atom is 0.226 e. The van der Waals surface area contributed by atoms with E-state index in [0.29, 0.717) is 0 Å². The highest BCUT2D eigenvalue weighted by molar-refractivity contribution is 5.84. The molecule has 1 amide bonds. The highest BCUT2D eigenvalue weighted by atomic mass is 16.3. The van der Waals surface area contributed by atoms with Gasteiger partial charge in [-0.05, 0) is 5.92 Å². The maximum absolute atomic E-state index is 11.3. The summed E-state index contributed by atoms with van der Waals surface area (Å²) in [4.78, 5) is 11.3. The molecule has 0 aromatic heterocycles. The lowest BCUT2D eigenvalue weighted by Crippen LogP contribution is -2.31. The first-order valence-corrected chi connectivity index (χ1v) is 3.92. The zero-order valence-corrected chi connectivity index (χ0v) is 7.22. The Balaban J connectivity index is 2.80. The van der Waals surface area contributed by atoms with Gasteiger partial charge in [0.2, 0.25) is 5.91 Å². The van der Waals surface area contributed by atoms with Gasteiger partial charge in [0.15, 0.2) is 0 Å². The van der Waals surface area contributed by atoms with Crippen LogP contribution in [0, 0.1) is 11.3 Å². The first-order chi connectivity index (χ1) is 5.00. The van der Waals surface area contributed by atoms with Crippen molar-refractivity contribution in [3.05, 3.63) is 0 Å². The minimum atomic E-state index is -0.326. The van der Waals surface area contributed by atoms with Gasteiger partial charge >= 0.3 is 0 Å². The van der Waals surface area contributed by atoms with Gasteiger partial charge in [-0.3, -0.25) is 4.79 Å². The average Bonchev–Trinajstić information content (AvgIpc) is 2.14. The first-order valence-electron chi connectivity index (χ1n) is 3.92. The number of aliphatic hydroxyl groups is 1. The third-order valence-electron chi connectivity index (χ3n) is 2.84. The average molecular weight is 157 g/mol. The van der Waals surface area contributed by atoms with E-state index in [1.54, 1.807) is 0 Å². The van der Waals surface area contributed by atoms with Gasteiger partial charge in [0, 0.05) is 5.41 Å². The standard InChI is InChI=1S/C8H15NO2/c1-5-6(4-10)9-7(11)8(5,2)3/h5-6,10H,4H2,1-3H3,(H,9,11). The SMILES string of the molecule is CC1C(CO)NC(=O)C1(C)C. The van der Waals surface area contributed by atoms with Crippen molar-refractivity contribution < 1.29 is 9.90 Å². The molecular formula is C8H15NO2. The zero-order chi connectivity index (χ0) is 8.65. The molecule has 2 atom stereocenters. The van der Waals surface area contributed by atoms with Crippen molar-refractivity contribution in [1.29, 1.82) is 0 Å². The van der Waals surface area contributed by atoms with Crippen LogP contribution in [0.25, 0.3) is 0 Å². The summed E-state index contributed by atoms with van der Waals surface area (Å²) in [5, 5.41) is 11.6. The molecule has 3 nitrogen and oxygen atoms in total. The molecule has 1 fully saturated rings. The molecule has 2 unspecified atom stereocenters. The second-order valence-electron chi connectivity index (χ2n) is 3.77. The monoisotopic (exact) mass is 157 g/mol. The van der Waals surface area contributed by atoms with Crippen LogP contribution in [0.4, 0.5) is 0 Å². The highest BCUT2D eigenvalue weighted by Gasteiger charge is 2.45. The summed E-state index contributed by atoms with van der Waals surface area (Å²) in [5.74, 6) is 0.254. The van der Waals surface area contributed by atoms with Crippen molar-refractivity contribution in [2.45, 2.75) is 26.8 Å². The molecule has 0 saturated carbocycles. The zero-order valence-electron chi connectivity index (χ0n) is 7.22. The lowest BCUT2D eigenvalue weighted by molar-refractivity contribution is -0.127. The Morgan fingerprint density at radius 1 is 1.64 bits per heavy atom. The van der Waals surface area contributed by atoms with Crippen LogP contribution in [0.3, 0.4) is 0 Å². The van der Waals surface area contributed by atoms with E-state index in [9.17, 15) is 4.79 Å². The molecule has 0 aliphatic carbocycles. The number of carbonyl (C=O) groups excluding carboxylic acids is 1. The van der Waals surface area contributed by atoms with Crippen molar-refractivity contribution in [2.24, 2.45) is 11.3 Å². The topological polar surface area (TPSA) is 49.3 Å². The smallest absolute Gasteiger partial charge is 0.226 e. The van der Waals surface area contributed by atoms with E-state index in [4.69, 9.17) is 5.11 Å². The van der Waals surface area contributed by atoms with Gasteiger partial charge in [-0.25, -0.2) is 0 Å². The lowest BCUT2D eigenvalue weighted by Gasteiger charge is -2.21. The van der Waals surface area contributed by atoms with Crippen molar-refractivity contribution >= 4 is 5.91 Å². The van der Waals surface area contributed by atoms with Crippen LogP contribution < -0.4 is 5.32 Å². The molecule has 1 heterocycles. The number of hydrogen-bond donors (Lipinski definition) is 2. The Morgan fingerprint density at radius 3 is 2.36 bits per heavy atom. The predicted molar refractivity (Wildman–Crippen MR) is 42.0 cm³/mol. The summed E-state index contributed by atoms with van der Waals surface area (Å²) in [6, 6.07) is -0.0579. The quantitative estimate of drug-likeness (QED) is 0.569. The Hall–Kier alpha value is -0.570. The first kappa shape index (κ1) is 8.53. The van der Waals surface area contributed by atoms with E-state index in [-0.39, 0.29) is 29.9 Å². The molecule has 0 radical (unpaired) electrons. The molecule has 2 N–H and O–H groups in total. The summed E-state index contributed by atoms with van der Waals surface area (Å²) < 4.78 is 0. The number of aliphatic hydroxyl groups excluding tert-OH is 1. The van der Waals surface area contributed by atoms with Crippen LogP contribution in [-0.2, 0) is 4.79 Å². The molecule has 1 rings (SSSR count). The fourth-order valence-corrected chi connectivity index (χ4v) is 1.39.